The zero-order valence-electron chi connectivity index (χ0n) is 10.8. The number of amides is 1. The van der Waals surface area contributed by atoms with E-state index in [2.05, 4.69) is 19.2 Å². The first-order valence-corrected chi connectivity index (χ1v) is 6.76. The summed E-state index contributed by atoms with van der Waals surface area (Å²) in [6, 6.07) is 0. The first kappa shape index (κ1) is 13.5. The Hall–Kier alpha value is -0.570. The van der Waals surface area contributed by atoms with Crippen molar-refractivity contribution in [3.63, 3.8) is 0 Å². The van der Waals surface area contributed by atoms with E-state index in [0.717, 1.165) is 51.4 Å². The third-order valence-corrected chi connectivity index (χ3v) is 3.49. The van der Waals surface area contributed by atoms with Crippen molar-refractivity contribution in [2.75, 3.05) is 26.2 Å². The minimum Gasteiger partial charge on any atom is -0.341 e. The van der Waals surface area contributed by atoms with E-state index in [1.54, 1.807) is 0 Å². The maximum Gasteiger partial charge on any atom is 0.222 e. The van der Waals surface area contributed by atoms with Crippen LogP contribution in [0.4, 0.5) is 0 Å². The Bertz CT molecular complexity index is 206. The topological polar surface area (TPSA) is 32.3 Å². The van der Waals surface area contributed by atoms with Gasteiger partial charge in [0.1, 0.15) is 0 Å². The van der Waals surface area contributed by atoms with Crippen LogP contribution in [0.25, 0.3) is 0 Å². The van der Waals surface area contributed by atoms with Crippen LogP contribution in [0.1, 0.15) is 46.0 Å². The average molecular weight is 226 g/mol. The van der Waals surface area contributed by atoms with Crippen LogP contribution in [0.2, 0.25) is 0 Å². The van der Waals surface area contributed by atoms with Crippen LogP contribution in [0.15, 0.2) is 0 Å². The molecule has 1 fully saturated rings. The molecule has 1 amide bonds. The van der Waals surface area contributed by atoms with Crippen molar-refractivity contribution in [1.82, 2.24) is 10.2 Å². The van der Waals surface area contributed by atoms with Gasteiger partial charge in [0.15, 0.2) is 0 Å². The molecule has 16 heavy (non-hydrogen) atoms. The van der Waals surface area contributed by atoms with E-state index in [4.69, 9.17) is 0 Å². The molecule has 0 aliphatic carbocycles. The molecular formula is C13H26N2O. The Morgan fingerprint density at radius 3 is 2.81 bits per heavy atom. The summed E-state index contributed by atoms with van der Waals surface area (Å²) in [5.41, 5.74) is 0. The summed E-state index contributed by atoms with van der Waals surface area (Å²) in [5.74, 6) is 1.12. The quantitative estimate of drug-likeness (QED) is 0.703. The highest BCUT2D eigenvalue weighted by Crippen LogP contribution is 2.20. The Kier molecular flexibility index (Phi) is 6.46. The second kappa shape index (κ2) is 7.66. The molecule has 1 saturated heterocycles. The summed E-state index contributed by atoms with van der Waals surface area (Å²) in [5, 5.41) is 3.35. The van der Waals surface area contributed by atoms with Gasteiger partial charge in [-0.15, -0.1) is 0 Å². The van der Waals surface area contributed by atoms with Crippen LogP contribution in [0.3, 0.4) is 0 Å². The Morgan fingerprint density at radius 1 is 1.31 bits per heavy atom. The lowest BCUT2D eigenvalue weighted by Gasteiger charge is -2.20. The molecule has 1 heterocycles. The fourth-order valence-electron chi connectivity index (χ4n) is 2.25. The molecule has 0 bridgehead atoms. The lowest BCUT2D eigenvalue weighted by atomic mass is 9.98. The fraction of sp³-hybridized carbons (Fsp3) is 0.923. The summed E-state index contributed by atoms with van der Waals surface area (Å²) >= 11 is 0. The Labute approximate surface area is 99.6 Å². The molecule has 1 aliphatic heterocycles. The van der Waals surface area contributed by atoms with Crippen LogP contribution in [0.5, 0.6) is 0 Å². The van der Waals surface area contributed by atoms with Gasteiger partial charge >= 0.3 is 0 Å². The van der Waals surface area contributed by atoms with Crippen molar-refractivity contribution in [3.8, 4) is 0 Å². The average Bonchev–Trinajstić information content (AvgIpc) is 2.47. The van der Waals surface area contributed by atoms with E-state index in [1.807, 2.05) is 4.90 Å². The molecule has 0 aromatic rings. The normalized spacial score (nSPS) is 22.2. The summed E-state index contributed by atoms with van der Waals surface area (Å²) in [6.07, 6.45) is 5.41. The van der Waals surface area contributed by atoms with Crippen LogP contribution in [-0.2, 0) is 4.79 Å². The van der Waals surface area contributed by atoms with Crippen LogP contribution < -0.4 is 5.32 Å². The summed E-state index contributed by atoms with van der Waals surface area (Å²) in [7, 11) is 0. The number of hydrogen-bond acceptors (Lipinski definition) is 2. The minimum absolute atomic E-state index is 0.356. The highest BCUT2D eigenvalue weighted by Gasteiger charge is 2.20. The molecular weight excluding hydrogens is 200 g/mol. The van der Waals surface area contributed by atoms with Gasteiger partial charge in [0, 0.05) is 26.1 Å². The number of carbonyl (C=O) groups excluding carboxylic acids is 1. The van der Waals surface area contributed by atoms with Gasteiger partial charge in [-0.3, -0.25) is 4.79 Å². The van der Waals surface area contributed by atoms with E-state index in [-0.39, 0.29) is 0 Å². The summed E-state index contributed by atoms with van der Waals surface area (Å²) in [6.45, 7) is 8.24. The monoisotopic (exact) mass is 226 g/mol. The van der Waals surface area contributed by atoms with Crippen molar-refractivity contribution in [2.24, 2.45) is 5.92 Å². The maximum atomic E-state index is 11.8. The van der Waals surface area contributed by atoms with E-state index in [1.165, 1.54) is 12.8 Å². The SMILES string of the molecule is CCCNCCN1CCC(CC)CCC1=O. The molecule has 3 heteroatoms. The van der Waals surface area contributed by atoms with Gasteiger partial charge in [0.25, 0.3) is 0 Å². The molecule has 1 atom stereocenters. The molecule has 0 saturated carbocycles. The van der Waals surface area contributed by atoms with E-state index in [9.17, 15) is 4.79 Å². The first-order valence-electron chi connectivity index (χ1n) is 6.76. The maximum absolute atomic E-state index is 11.8. The molecule has 1 rings (SSSR count). The van der Waals surface area contributed by atoms with Gasteiger partial charge < -0.3 is 10.2 Å². The number of hydrogen-bond donors (Lipinski definition) is 1. The lowest BCUT2D eigenvalue weighted by Crippen LogP contribution is -2.36. The molecule has 0 radical (unpaired) electrons. The molecule has 0 aromatic heterocycles. The predicted octanol–water partition coefficient (Wildman–Crippen LogP) is 2.02. The first-order chi connectivity index (χ1) is 7.77. The van der Waals surface area contributed by atoms with Crippen LogP contribution in [-0.4, -0.2) is 37.0 Å². The molecule has 0 aromatic carbocycles. The largest absolute Gasteiger partial charge is 0.341 e. The van der Waals surface area contributed by atoms with Gasteiger partial charge in [-0.2, -0.15) is 0 Å². The molecule has 1 aliphatic rings. The van der Waals surface area contributed by atoms with Crippen molar-refractivity contribution in [1.29, 1.82) is 0 Å². The van der Waals surface area contributed by atoms with Gasteiger partial charge in [0.05, 0.1) is 0 Å². The van der Waals surface area contributed by atoms with Crippen molar-refractivity contribution in [3.05, 3.63) is 0 Å². The minimum atomic E-state index is 0.356. The van der Waals surface area contributed by atoms with Gasteiger partial charge in [-0.25, -0.2) is 0 Å². The zero-order valence-corrected chi connectivity index (χ0v) is 10.8. The molecule has 94 valence electrons. The van der Waals surface area contributed by atoms with Crippen molar-refractivity contribution in [2.45, 2.75) is 46.0 Å². The fourth-order valence-corrected chi connectivity index (χ4v) is 2.25. The summed E-state index contributed by atoms with van der Waals surface area (Å²) in [4.78, 5) is 13.9. The second-order valence-corrected chi connectivity index (χ2v) is 4.73. The van der Waals surface area contributed by atoms with Crippen molar-refractivity contribution < 1.29 is 4.79 Å². The van der Waals surface area contributed by atoms with E-state index >= 15 is 0 Å². The highest BCUT2D eigenvalue weighted by molar-refractivity contribution is 5.76. The summed E-state index contributed by atoms with van der Waals surface area (Å²) < 4.78 is 0. The standard InChI is InChI=1S/C13H26N2O/c1-3-8-14-9-11-15-10-7-12(4-2)5-6-13(15)16/h12,14H,3-11H2,1-2H3. The number of rotatable bonds is 6. The third kappa shape index (κ3) is 4.52. The van der Waals surface area contributed by atoms with E-state index in [0.29, 0.717) is 5.91 Å². The Morgan fingerprint density at radius 2 is 2.12 bits per heavy atom. The second-order valence-electron chi connectivity index (χ2n) is 4.73. The van der Waals surface area contributed by atoms with Gasteiger partial charge in [-0.05, 0) is 31.7 Å². The van der Waals surface area contributed by atoms with Gasteiger partial charge in [0.2, 0.25) is 5.91 Å². The smallest absolute Gasteiger partial charge is 0.222 e. The van der Waals surface area contributed by atoms with E-state index < -0.39 is 0 Å². The predicted molar refractivity (Wildman–Crippen MR) is 67.4 cm³/mol. The zero-order chi connectivity index (χ0) is 11.8. The third-order valence-electron chi connectivity index (χ3n) is 3.49. The van der Waals surface area contributed by atoms with Crippen molar-refractivity contribution >= 4 is 5.91 Å². The lowest BCUT2D eigenvalue weighted by molar-refractivity contribution is -0.130. The molecule has 3 nitrogen and oxygen atoms in total. The highest BCUT2D eigenvalue weighted by atomic mass is 16.2. The molecule has 1 N–H and O–H groups in total. The number of nitrogens with one attached hydrogen (secondary N) is 1. The number of carbonyl (C=O) groups is 1. The molecule has 1 unspecified atom stereocenters. The van der Waals surface area contributed by atoms with Crippen LogP contribution >= 0.6 is 0 Å². The van der Waals surface area contributed by atoms with Crippen LogP contribution in [0, 0.1) is 5.92 Å². The number of likely N-dealkylation sites (tertiary alicyclic amines) is 1. The Balaban J connectivity index is 2.26. The van der Waals surface area contributed by atoms with Gasteiger partial charge in [-0.1, -0.05) is 20.3 Å². The molecule has 0 spiro atoms. The number of nitrogens with zero attached hydrogens (tertiary/aromatic N) is 1.